The number of nitrogens with one attached hydrogen (secondary N) is 1. The minimum atomic E-state index is -0.434. The highest BCUT2D eigenvalue weighted by Crippen LogP contribution is 2.10. The van der Waals surface area contributed by atoms with Gasteiger partial charge in [-0.2, -0.15) is 5.10 Å². The Labute approximate surface area is 80.7 Å². The summed E-state index contributed by atoms with van der Waals surface area (Å²) in [6.45, 7) is 0. The standard InChI is InChI=1S/C8H4BrFN2O/c9-8-7(13)5-3-4(10)1-2-6(5)11-12-8/h1-3H,(H,11,13). The third-order valence-electron chi connectivity index (χ3n) is 1.69. The van der Waals surface area contributed by atoms with E-state index in [0.717, 1.165) is 0 Å². The topological polar surface area (TPSA) is 45.8 Å². The van der Waals surface area contributed by atoms with E-state index in [2.05, 4.69) is 26.1 Å². The van der Waals surface area contributed by atoms with Crippen LogP contribution in [0.15, 0.2) is 27.6 Å². The van der Waals surface area contributed by atoms with Crippen molar-refractivity contribution in [2.24, 2.45) is 0 Å². The van der Waals surface area contributed by atoms with Crippen molar-refractivity contribution < 1.29 is 4.39 Å². The lowest BCUT2D eigenvalue weighted by Crippen LogP contribution is -2.06. The Morgan fingerprint density at radius 3 is 3.00 bits per heavy atom. The molecule has 3 nitrogen and oxygen atoms in total. The smallest absolute Gasteiger partial charge is 0.222 e. The first-order valence-corrected chi connectivity index (χ1v) is 4.31. The second-order valence-corrected chi connectivity index (χ2v) is 3.28. The lowest BCUT2D eigenvalue weighted by atomic mass is 10.2. The normalized spacial score (nSPS) is 10.6. The summed E-state index contributed by atoms with van der Waals surface area (Å²) in [5, 5.41) is 6.61. The van der Waals surface area contributed by atoms with Crippen molar-refractivity contribution in [3.05, 3.63) is 38.8 Å². The summed E-state index contributed by atoms with van der Waals surface area (Å²) in [4.78, 5) is 11.4. The van der Waals surface area contributed by atoms with Crippen molar-refractivity contribution in [3.63, 3.8) is 0 Å². The zero-order valence-electron chi connectivity index (χ0n) is 6.34. The van der Waals surface area contributed by atoms with Gasteiger partial charge in [-0.05, 0) is 34.1 Å². The number of halogens is 2. The highest BCUT2D eigenvalue weighted by Gasteiger charge is 2.04. The summed E-state index contributed by atoms with van der Waals surface area (Å²) in [5.41, 5.74) is 0.211. The van der Waals surface area contributed by atoms with Crippen molar-refractivity contribution in [3.8, 4) is 0 Å². The van der Waals surface area contributed by atoms with E-state index in [1.807, 2.05) is 0 Å². The average Bonchev–Trinajstić information content (AvgIpc) is 2.12. The van der Waals surface area contributed by atoms with Crippen LogP contribution >= 0.6 is 15.9 Å². The molecule has 0 aliphatic heterocycles. The molecule has 66 valence electrons. The molecule has 0 saturated heterocycles. The van der Waals surface area contributed by atoms with E-state index >= 15 is 0 Å². The third-order valence-corrected chi connectivity index (χ3v) is 2.23. The summed E-state index contributed by atoms with van der Waals surface area (Å²) >= 11 is 2.96. The van der Waals surface area contributed by atoms with E-state index in [1.165, 1.54) is 18.2 Å². The van der Waals surface area contributed by atoms with Crippen molar-refractivity contribution in [2.75, 3.05) is 0 Å². The highest BCUT2D eigenvalue weighted by molar-refractivity contribution is 9.10. The Kier molecular flexibility index (Phi) is 1.88. The molecule has 0 bridgehead atoms. The molecule has 2 rings (SSSR count). The second-order valence-electron chi connectivity index (χ2n) is 2.53. The van der Waals surface area contributed by atoms with Gasteiger partial charge >= 0.3 is 0 Å². The fourth-order valence-corrected chi connectivity index (χ4v) is 1.38. The predicted octanol–water partition coefficient (Wildman–Crippen LogP) is 1.82. The van der Waals surface area contributed by atoms with Gasteiger partial charge in [0.05, 0.1) is 10.9 Å². The maximum atomic E-state index is 12.8. The van der Waals surface area contributed by atoms with Crippen molar-refractivity contribution in [1.82, 2.24) is 10.2 Å². The fraction of sp³-hybridized carbons (Fsp3) is 0. The lowest BCUT2D eigenvalue weighted by Gasteiger charge is -1.96. The molecule has 0 radical (unpaired) electrons. The maximum Gasteiger partial charge on any atom is 0.222 e. The fourth-order valence-electron chi connectivity index (χ4n) is 1.07. The Bertz CT molecular complexity index is 518. The Balaban J connectivity index is 2.97. The molecule has 0 atom stereocenters. The van der Waals surface area contributed by atoms with E-state index in [0.29, 0.717) is 10.9 Å². The molecule has 1 aromatic heterocycles. The van der Waals surface area contributed by atoms with Crippen LogP contribution in [0.3, 0.4) is 0 Å². The van der Waals surface area contributed by atoms with Gasteiger partial charge in [0.1, 0.15) is 5.82 Å². The number of aromatic nitrogens is 2. The van der Waals surface area contributed by atoms with E-state index in [1.54, 1.807) is 0 Å². The first-order chi connectivity index (χ1) is 6.18. The summed E-state index contributed by atoms with van der Waals surface area (Å²) in [7, 11) is 0. The van der Waals surface area contributed by atoms with Gasteiger partial charge in [-0.25, -0.2) is 4.39 Å². The van der Waals surface area contributed by atoms with Crippen LogP contribution in [-0.4, -0.2) is 10.2 Å². The molecule has 0 amide bonds. The van der Waals surface area contributed by atoms with E-state index in [-0.39, 0.29) is 10.0 Å². The molecule has 13 heavy (non-hydrogen) atoms. The molecule has 2 aromatic rings. The van der Waals surface area contributed by atoms with Crippen LogP contribution in [0.25, 0.3) is 10.9 Å². The van der Waals surface area contributed by atoms with Gasteiger partial charge in [0.25, 0.3) is 0 Å². The number of hydrogen-bond acceptors (Lipinski definition) is 2. The quantitative estimate of drug-likeness (QED) is 0.767. The number of rotatable bonds is 0. The molecule has 0 aliphatic rings. The van der Waals surface area contributed by atoms with Crippen LogP contribution in [0.4, 0.5) is 4.39 Å². The summed E-state index contributed by atoms with van der Waals surface area (Å²) < 4.78 is 12.9. The van der Waals surface area contributed by atoms with E-state index in [9.17, 15) is 9.18 Å². The summed E-state index contributed by atoms with van der Waals surface area (Å²) in [6, 6.07) is 3.93. The van der Waals surface area contributed by atoms with Gasteiger partial charge in [-0.3, -0.25) is 9.89 Å². The van der Waals surface area contributed by atoms with Crippen LogP contribution < -0.4 is 5.43 Å². The first-order valence-electron chi connectivity index (χ1n) is 3.52. The number of nitrogens with zero attached hydrogens (tertiary/aromatic N) is 1. The van der Waals surface area contributed by atoms with Crippen molar-refractivity contribution >= 4 is 26.8 Å². The summed E-state index contributed by atoms with van der Waals surface area (Å²) in [5.74, 6) is -0.434. The molecule has 0 unspecified atom stereocenters. The maximum absolute atomic E-state index is 12.8. The number of fused-ring (bicyclic) bond motifs is 1. The molecule has 1 heterocycles. The SMILES string of the molecule is O=c1c(Br)n[nH]c2ccc(F)cc12. The second kappa shape index (κ2) is 2.92. The van der Waals surface area contributed by atoms with Crippen LogP contribution in [0.1, 0.15) is 0 Å². The van der Waals surface area contributed by atoms with Gasteiger partial charge in [0, 0.05) is 0 Å². The first kappa shape index (κ1) is 8.37. The van der Waals surface area contributed by atoms with Gasteiger partial charge < -0.3 is 0 Å². The van der Waals surface area contributed by atoms with Crippen LogP contribution in [0.5, 0.6) is 0 Å². The van der Waals surface area contributed by atoms with E-state index < -0.39 is 5.82 Å². The number of hydrogen-bond donors (Lipinski definition) is 1. The van der Waals surface area contributed by atoms with Gasteiger partial charge in [-0.1, -0.05) is 0 Å². The Hall–Kier alpha value is -1.23. The highest BCUT2D eigenvalue weighted by atomic mass is 79.9. The number of aromatic amines is 1. The molecule has 0 fully saturated rings. The van der Waals surface area contributed by atoms with Gasteiger partial charge in [0.15, 0.2) is 4.60 Å². The number of H-pyrrole nitrogens is 1. The molecule has 1 aromatic carbocycles. The van der Waals surface area contributed by atoms with Crippen LogP contribution in [0.2, 0.25) is 0 Å². The molecule has 5 heteroatoms. The third kappa shape index (κ3) is 1.35. The zero-order valence-corrected chi connectivity index (χ0v) is 7.93. The van der Waals surface area contributed by atoms with E-state index in [4.69, 9.17) is 0 Å². The Morgan fingerprint density at radius 1 is 1.46 bits per heavy atom. The van der Waals surface area contributed by atoms with Crippen molar-refractivity contribution in [2.45, 2.75) is 0 Å². The van der Waals surface area contributed by atoms with Crippen molar-refractivity contribution in [1.29, 1.82) is 0 Å². The molecular weight excluding hydrogens is 239 g/mol. The predicted molar refractivity (Wildman–Crippen MR) is 50.0 cm³/mol. The molecular formula is C8H4BrFN2O. The average molecular weight is 243 g/mol. The minimum absolute atomic E-state index is 0.158. The minimum Gasteiger partial charge on any atom is -0.286 e. The lowest BCUT2D eigenvalue weighted by molar-refractivity contribution is 0.629. The summed E-state index contributed by atoms with van der Waals surface area (Å²) in [6.07, 6.45) is 0. The monoisotopic (exact) mass is 242 g/mol. The zero-order chi connectivity index (χ0) is 9.42. The van der Waals surface area contributed by atoms with Gasteiger partial charge in [-0.15, -0.1) is 0 Å². The number of benzene rings is 1. The molecule has 0 aliphatic carbocycles. The molecule has 0 spiro atoms. The van der Waals surface area contributed by atoms with Crippen LogP contribution in [-0.2, 0) is 0 Å². The molecule has 1 N–H and O–H groups in total. The van der Waals surface area contributed by atoms with Crippen LogP contribution in [0, 0.1) is 5.82 Å². The molecule has 0 saturated carbocycles. The largest absolute Gasteiger partial charge is 0.286 e. The van der Waals surface area contributed by atoms with Gasteiger partial charge in [0.2, 0.25) is 5.43 Å². The Morgan fingerprint density at radius 2 is 2.23 bits per heavy atom.